The van der Waals surface area contributed by atoms with Gasteiger partial charge in [-0.3, -0.25) is 4.98 Å². The maximum atomic E-state index is 4.84. The zero-order valence-electron chi connectivity index (χ0n) is 14.3. The van der Waals surface area contributed by atoms with Gasteiger partial charge in [0.2, 0.25) is 0 Å². The van der Waals surface area contributed by atoms with Gasteiger partial charge in [0.25, 0.3) is 0 Å². The Bertz CT molecular complexity index is 826. The van der Waals surface area contributed by atoms with Crippen molar-refractivity contribution in [1.82, 2.24) is 9.99 Å². The van der Waals surface area contributed by atoms with Crippen LogP contribution >= 0.6 is 0 Å². The van der Waals surface area contributed by atoms with Crippen LogP contribution in [-0.2, 0) is 6.42 Å². The van der Waals surface area contributed by atoms with E-state index in [0.29, 0.717) is 0 Å². The molecule has 3 aliphatic heterocycles. The molecule has 0 fully saturated rings. The van der Waals surface area contributed by atoms with Crippen LogP contribution in [0.4, 0.5) is 5.69 Å². The molecule has 0 bridgehead atoms. The molecule has 0 saturated carbocycles. The topological polar surface area (TPSA) is 40.5 Å². The zero-order chi connectivity index (χ0) is 16.8. The molecule has 4 rings (SSSR count). The summed E-state index contributed by atoms with van der Waals surface area (Å²) in [5, 5.41) is 9.96. The van der Waals surface area contributed by atoms with E-state index in [-0.39, 0.29) is 11.0 Å². The highest BCUT2D eigenvalue weighted by molar-refractivity contribution is 5.72. The number of rotatable bonds is 2. The summed E-state index contributed by atoms with van der Waals surface area (Å²) in [6.45, 7) is 6.51. The molecule has 1 unspecified atom stereocenters. The molecular weight excluding hydrogens is 296 g/mol. The summed E-state index contributed by atoms with van der Waals surface area (Å²) < 4.78 is 0. The number of pyridine rings is 1. The van der Waals surface area contributed by atoms with E-state index >= 15 is 0 Å². The predicted molar refractivity (Wildman–Crippen MR) is 99.5 cm³/mol. The van der Waals surface area contributed by atoms with Crippen molar-refractivity contribution >= 4 is 18.0 Å². The number of nitrogens with one attached hydrogen (secondary N) is 1. The van der Waals surface area contributed by atoms with E-state index in [1.807, 2.05) is 29.6 Å². The van der Waals surface area contributed by atoms with Crippen LogP contribution in [0.25, 0.3) is 6.08 Å². The second-order valence-electron chi connectivity index (χ2n) is 7.46. The maximum absolute atomic E-state index is 4.84. The van der Waals surface area contributed by atoms with Crippen molar-refractivity contribution in [2.45, 2.75) is 32.7 Å². The first kappa shape index (κ1) is 14.9. The molecule has 0 saturated heterocycles. The van der Waals surface area contributed by atoms with E-state index in [0.717, 1.165) is 29.2 Å². The number of hydrogen-bond acceptors (Lipinski definition) is 4. The molecule has 1 N–H and O–H groups in total. The van der Waals surface area contributed by atoms with Crippen LogP contribution < -0.4 is 5.32 Å². The van der Waals surface area contributed by atoms with Crippen molar-refractivity contribution in [2.24, 2.45) is 10.5 Å². The van der Waals surface area contributed by atoms with Gasteiger partial charge in [-0.1, -0.05) is 19.1 Å². The van der Waals surface area contributed by atoms with E-state index in [1.165, 1.54) is 0 Å². The second-order valence-corrected chi connectivity index (χ2v) is 7.46. The molecule has 1 aromatic rings. The van der Waals surface area contributed by atoms with Crippen molar-refractivity contribution in [3.8, 4) is 0 Å². The summed E-state index contributed by atoms with van der Waals surface area (Å²) in [6.07, 6.45) is 17.5. The van der Waals surface area contributed by atoms with Gasteiger partial charge in [0, 0.05) is 29.9 Å². The van der Waals surface area contributed by atoms with Gasteiger partial charge in [-0.05, 0) is 50.3 Å². The Kier molecular flexibility index (Phi) is 3.23. The molecule has 4 nitrogen and oxygen atoms in total. The van der Waals surface area contributed by atoms with Crippen molar-refractivity contribution < 1.29 is 0 Å². The van der Waals surface area contributed by atoms with Crippen LogP contribution in [-0.4, -0.2) is 21.7 Å². The largest absolute Gasteiger partial charge is 0.375 e. The third kappa shape index (κ3) is 2.80. The number of fused-ring (bicyclic) bond motifs is 2. The average molecular weight is 318 g/mol. The molecule has 1 atom stereocenters. The Labute approximate surface area is 143 Å². The first-order valence-electron chi connectivity index (χ1n) is 8.32. The Morgan fingerprint density at radius 3 is 2.88 bits per heavy atom. The third-order valence-corrected chi connectivity index (χ3v) is 4.48. The molecule has 24 heavy (non-hydrogen) atoms. The summed E-state index contributed by atoms with van der Waals surface area (Å²) in [4.78, 5) is 4.84. The van der Waals surface area contributed by atoms with Gasteiger partial charge < -0.3 is 5.32 Å². The Morgan fingerprint density at radius 1 is 1.12 bits per heavy atom. The minimum Gasteiger partial charge on any atom is -0.375 e. The fourth-order valence-electron chi connectivity index (χ4n) is 3.25. The van der Waals surface area contributed by atoms with Crippen LogP contribution in [0.3, 0.4) is 0 Å². The van der Waals surface area contributed by atoms with Gasteiger partial charge in [-0.2, -0.15) is 5.10 Å². The summed E-state index contributed by atoms with van der Waals surface area (Å²) in [5.74, 6) is 0. The van der Waals surface area contributed by atoms with Crippen molar-refractivity contribution in [3.05, 3.63) is 65.8 Å². The summed E-state index contributed by atoms with van der Waals surface area (Å²) in [5.41, 5.74) is 4.15. The van der Waals surface area contributed by atoms with Crippen molar-refractivity contribution in [3.63, 3.8) is 0 Å². The number of nitrogens with zero attached hydrogens (tertiary/aromatic N) is 3. The average Bonchev–Trinajstić information content (AvgIpc) is 2.54. The third-order valence-electron chi connectivity index (χ3n) is 4.48. The summed E-state index contributed by atoms with van der Waals surface area (Å²) in [7, 11) is 0. The van der Waals surface area contributed by atoms with Crippen LogP contribution in [0.15, 0.2) is 59.5 Å². The van der Waals surface area contributed by atoms with Gasteiger partial charge in [-0.15, -0.1) is 0 Å². The first-order valence-corrected chi connectivity index (χ1v) is 8.32. The van der Waals surface area contributed by atoms with Gasteiger partial charge in [0.05, 0.1) is 22.6 Å². The van der Waals surface area contributed by atoms with Gasteiger partial charge in [0.1, 0.15) is 0 Å². The molecule has 1 aromatic heterocycles. The molecule has 0 spiro atoms. The van der Waals surface area contributed by atoms with E-state index < -0.39 is 0 Å². The maximum Gasteiger partial charge on any atom is 0.0862 e. The molecule has 4 heterocycles. The quantitative estimate of drug-likeness (QED) is 0.892. The van der Waals surface area contributed by atoms with Crippen molar-refractivity contribution in [1.29, 1.82) is 0 Å². The monoisotopic (exact) mass is 318 g/mol. The van der Waals surface area contributed by atoms with Gasteiger partial charge in [-0.25, -0.2) is 5.01 Å². The number of allylic oxidation sites excluding steroid dienone is 4. The first-order chi connectivity index (χ1) is 11.4. The molecule has 0 radical (unpaired) electrons. The van der Waals surface area contributed by atoms with E-state index in [1.54, 1.807) is 0 Å². The number of anilines is 1. The summed E-state index contributed by atoms with van der Waals surface area (Å²) in [6, 6.07) is 4.25. The van der Waals surface area contributed by atoms with Crippen molar-refractivity contribution in [2.75, 3.05) is 5.32 Å². The molecule has 3 aliphatic rings. The minimum absolute atomic E-state index is 0.0209. The number of hydrazone groups is 1. The smallest absolute Gasteiger partial charge is 0.0862 e. The predicted octanol–water partition coefficient (Wildman–Crippen LogP) is 4.12. The Balaban J connectivity index is 1.59. The van der Waals surface area contributed by atoms with Crippen LogP contribution in [0.2, 0.25) is 0 Å². The lowest BCUT2D eigenvalue weighted by molar-refractivity contribution is 0.454. The Morgan fingerprint density at radius 2 is 2.00 bits per heavy atom. The highest BCUT2D eigenvalue weighted by Crippen LogP contribution is 2.32. The lowest BCUT2D eigenvalue weighted by Gasteiger charge is -2.31. The lowest BCUT2D eigenvalue weighted by atomic mass is 9.84. The second kappa shape index (κ2) is 5.20. The normalized spacial score (nSPS) is 25.8. The molecule has 122 valence electrons. The Hall–Kier alpha value is -2.62. The van der Waals surface area contributed by atoms with Crippen LogP contribution in [0.1, 0.15) is 32.2 Å². The summed E-state index contributed by atoms with van der Waals surface area (Å²) >= 11 is 0. The van der Waals surface area contributed by atoms with Gasteiger partial charge >= 0.3 is 0 Å². The van der Waals surface area contributed by atoms with E-state index in [4.69, 9.17) is 4.98 Å². The minimum atomic E-state index is -0.131. The van der Waals surface area contributed by atoms with Gasteiger partial charge in [0.15, 0.2) is 0 Å². The molecular formula is C20H22N4. The molecule has 4 heteroatoms. The van der Waals surface area contributed by atoms with Crippen LogP contribution in [0.5, 0.6) is 0 Å². The van der Waals surface area contributed by atoms with Crippen LogP contribution in [0, 0.1) is 5.41 Å². The van der Waals surface area contributed by atoms with E-state index in [2.05, 4.69) is 67.6 Å². The molecule has 0 aromatic carbocycles. The number of aromatic nitrogens is 1. The highest BCUT2D eigenvalue weighted by atomic mass is 15.4. The zero-order valence-corrected chi connectivity index (χ0v) is 14.3. The SMILES string of the molecule is CC1(Cc2ccc3c(n2)C=CC(C)(C)N3)C=NN2C=CC=CC2=C1. The number of hydrogen-bond donors (Lipinski definition) is 1. The highest BCUT2D eigenvalue weighted by Gasteiger charge is 2.27. The fourth-order valence-corrected chi connectivity index (χ4v) is 3.25. The fraction of sp³-hybridized carbons (Fsp3) is 0.300. The van der Waals surface area contributed by atoms with E-state index in [9.17, 15) is 0 Å². The molecule has 0 amide bonds. The molecule has 0 aliphatic carbocycles. The lowest BCUT2D eigenvalue weighted by Crippen LogP contribution is -2.31. The standard InChI is InChI=1S/C20H22N4/c1-19(2)10-9-17-18(23-19)8-7-15(22-17)12-20(3)13-16-6-4-5-11-24(16)21-14-20/h4-11,13-14,23H,12H2,1-3H3.